The van der Waals surface area contributed by atoms with Crippen LogP contribution in [0.4, 0.5) is 5.82 Å². The molecule has 0 bridgehead atoms. The highest BCUT2D eigenvalue weighted by molar-refractivity contribution is 5.38. The summed E-state index contributed by atoms with van der Waals surface area (Å²) < 4.78 is 11.1. The molecule has 0 saturated heterocycles. The molecular formula is C13H23N3O2. The normalized spacial score (nSPS) is 11.4. The number of nitrogens with zero attached hydrogens (tertiary/aromatic N) is 2. The summed E-state index contributed by atoms with van der Waals surface area (Å²) in [5, 5.41) is 3.14. The molecule has 0 saturated carbocycles. The Labute approximate surface area is 109 Å². The van der Waals surface area contributed by atoms with Crippen LogP contribution in [0.25, 0.3) is 0 Å². The van der Waals surface area contributed by atoms with Crippen LogP contribution in [0.2, 0.25) is 0 Å². The number of aromatic nitrogens is 2. The van der Waals surface area contributed by atoms with Gasteiger partial charge >= 0.3 is 0 Å². The van der Waals surface area contributed by atoms with Gasteiger partial charge in [0.2, 0.25) is 5.88 Å². The summed E-state index contributed by atoms with van der Waals surface area (Å²) in [7, 11) is 0. The predicted molar refractivity (Wildman–Crippen MR) is 72.1 cm³/mol. The third kappa shape index (κ3) is 5.82. The molecule has 1 N–H and O–H groups in total. The molecule has 1 heterocycles. The fourth-order valence-corrected chi connectivity index (χ4v) is 1.38. The quantitative estimate of drug-likeness (QED) is 0.789. The van der Waals surface area contributed by atoms with Crippen molar-refractivity contribution in [3.8, 4) is 5.88 Å². The zero-order valence-electron chi connectivity index (χ0n) is 11.9. The van der Waals surface area contributed by atoms with Gasteiger partial charge in [-0.05, 0) is 34.6 Å². The molecule has 0 aliphatic heterocycles. The van der Waals surface area contributed by atoms with Gasteiger partial charge in [0, 0.05) is 12.6 Å². The fourth-order valence-electron chi connectivity index (χ4n) is 1.38. The third-order valence-corrected chi connectivity index (χ3v) is 2.04. The van der Waals surface area contributed by atoms with E-state index in [1.165, 1.54) is 0 Å². The van der Waals surface area contributed by atoms with E-state index in [2.05, 4.69) is 15.3 Å². The summed E-state index contributed by atoms with van der Waals surface area (Å²) in [6.07, 6.45) is 0. The molecule has 1 aromatic rings. The zero-order valence-corrected chi connectivity index (χ0v) is 11.9. The minimum Gasteiger partial charge on any atom is -0.475 e. The van der Waals surface area contributed by atoms with E-state index >= 15 is 0 Å². The number of hydrogen-bond donors (Lipinski definition) is 1. The number of ether oxygens (including phenoxy) is 2. The average molecular weight is 253 g/mol. The first-order valence-electron chi connectivity index (χ1n) is 6.27. The topological polar surface area (TPSA) is 56.3 Å². The van der Waals surface area contributed by atoms with Crippen molar-refractivity contribution in [2.24, 2.45) is 0 Å². The summed E-state index contributed by atoms with van der Waals surface area (Å²) in [5.74, 6) is 2.06. The zero-order chi connectivity index (χ0) is 13.6. The summed E-state index contributed by atoms with van der Waals surface area (Å²) in [5.41, 5.74) is -0.139. The second-order valence-electron chi connectivity index (χ2n) is 4.98. The van der Waals surface area contributed by atoms with Crippen molar-refractivity contribution in [1.29, 1.82) is 0 Å². The van der Waals surface area contributed by atoms with Gasteiger partial charge in [0.05, 0.1) is 12.2 Å². The Morgan fingerprint density at radius 1 is 1.22 bits per heavy atom. The van der Waals surface area contributed by atoms with Gasteiger partial charge in [0.1, 0.15) is 18.2 Å². The van der Waals surface area contributed by atoms with E-state index in [4.69, 9.17) is 9.47 Å². The van der Waals surface area contributed by atoms with E-state index in [0.29, 0.717) is 24.9 Å². The fraction of sp³-hybridized carbons (Fsp3) is 0.692. The summed E-state index contributed by atoms with van der Waals surface area (Å²) in [6, 6.07) is 1.80. The van der Waals surface area contributed by atoms with Gasteiger partial charge in [0.15, 0.2) is 0 Å². The van der Waals surface area contributed by atoms with Crippen molar-refractivity contribution in [1.82, 2.24) is 9.97 Å². The number of aryl methyl sites for hydroxylation is 1. The number of nitrogens with one attached hydrogen (secondary N) is 1. The van der Waals surface area contributed by atoms with Gasteiger partial charge in [-0.1, -0.05) is 0 Å². The molecule has 0 unspecified atom stereocenters. The van der Waals surface area contributed by atoms with Crippen LogP contribution >= 0.6 is 0 Å². The van der Waals surface area contributed by atoms with Gasteiger partial charge in [-0.25, -0.2) is 4.98 Å². The molecule has 1 aromatic heterocycles. The van der Waals surface area contributed by atoms with Gasteiger partial charge in [0.25, 0.3) is 0 Å². The Morgan fingerprint density at radius 3 is 2.56 bits per heavy atom. The van der Waals surface area contributed by atoms with Crippen LogP contribution in [-0.2, 0) is 4.74 Å². The Kier molecular flexibility index (Phi) is 5.34. The monoisotopic (exact) mass is 253 g/mol. The molecule has 0 spiro atoms. The van der Waals surface area contributed by atoms with Crippen LogP contribution < -0.4 is 10.1 Å². The molecule has 1 rings (SSSR count). The maximum atomic E-state index is 5.58. The SMILES string of the molecule is CCNc1cc(OCCOC(C)(C)C)nc(C)n1. The minimum absolute atomic E-state index is 0.139. The highest BCUT2D eigenvalue weighted by Crippen LogP contribution is 2.13. The van der Waals surface area contributed by atoms with Gasteiger partial charge in [-0.3, -0.25) is 0 Å². The molecule has 0 aliphatic rings. The second kappa shape index (κ2) is 6.54. The van der Waals surface area contributed by atoms with Crippen molar-refractivity contribution in [2.75, 3.05) is 25.1 Å². The first-order chi connectivity index (χ1) is 8.40. The second-order valence-corrected chi connectivity index (χ2v) is 4.98. The van der Waals surface area contributed by atoms with E-state index in [-0.39, 0.29) is 5.60 Å². The lowest BCUT2D eigenvalue weighted by molar-refractivity contribution is -0.0168. The van der Waals surface area contributed by atoms with E-state index in [9.17, 15) is 0 Å². The molecule has 0 fully saturated rings. The lowest BCUT2D eigenvalue weighted by Crippen LogP contribution is -2.22. The van der Waals surface area contributed by atoms with Crippen LogP contribution in [0.15, 0.2) is 6.07 Å². The van der Waals surface area contributed by atoms with Crippen molar-refractivity contribution >= 4 is 5.82 Å². The molecule has 0 atom stereocenters. The van der Waals surface area contributed by atoms with Crippen molar-refractivity contribution in [3.05, 3.63) is 11.9 Å². The highest BCUT2D eigenvalue weighted by atomic mass is 16.5. The van der Waals surface area contributed by atoms with Crippen LogP contribution in [0.1, 0.15) is 33.5 Å². The smallest absolute Gasteiger partial charge is 0.218 e. The predicted octanol–water partition coefficient (Wildman–Crippen LogP) is 2.41. The minimum atomic E-state index is -0.139. The largest absolute Gasteiger partial charge is 0.475 e. The van der Waals surface area contributed by atoms with Crippen LogP contribution in [-0.4, -0.2) is 35.3 Å². The Hall–Kier alpha value is -1.36. The van der Waals surface area contributed by atoms with Gasteiger partial charge in [-0.15, -0.1) is 0 Å². The van der Waals surface area contributed by atoms with Crippen LogP contribution in [0, 0.1) is 6.92 Å². The summed E-state index contributed by atoms with van der Waals surface area (Å²) in [4.78, 5) is 8.48. The maximum Gasteiger partial charge on any atom is 0.218 e. The molecule has 18 heavy (non-hydrogen) atoms. The third-order valence-electron chi connectivity index (χ3n) is 2.04. The molecule has 5 nitrogen and oxygen atoms in total. The molecule has 0 amide bonds. The Balaban J connectivity index is 2.46. The van der Waals surface area contributed by atoms with E-state index in [1.54, 1.807) is 6.07 Å². The molecule has 102 valence electrons. The van der Waals surface area contributed by atoms with Crippen molar-refractivity contribution < 1.29 is 9.47 Å². The van der Waals surface area contributed by atoms with Crippen LogP contribution in [0.5, 0.6) is 5.88 Å². The molecule has 0 radical (unpaired) electrons. The van der Waals surface area contributed by atoms with E-state index in [0.717, 1.165) is 12.4 Å². The molecule has 5 heteroatoms. The standard InChI is InChI=1S/C13H23N3O2/c1-6-14-11-9-12(16-10(2)15-11)17-7-8-18-13(3,4)5/h9H,6-8H2,1-5H3,(H,14,15,16). The van der Waals surface area contributed by atoms with E-state index in [1.807, 2.05) is 34.6 Å². The van der Waals surface area contributed by atoms with Crippen molar-refractivity contribution in [3.63, 3.8) is 0 Å². The van der Waals surface area contributed by atoms with Gasteiger partial charge < -0.3 is 14.8 Å². The Bertz CT molecular complexity index is 375. The molecular weight excluding hydrogens is 230 g/mol. The highest BCUT2D eigenvalue weighted by Gasteiger charge is 2.09. The molecule has 0 aliphatic carbocycles. The first kappa shape index (κ1) is 14.7. The lowest BCUT2D eigenvalue weighted by Gasteiger charge is -2.19. The average Bonchev–Trinajstić information content (AvgIpc) is 2.23. The molecule has 0 aromatic carbocycles. The first-order valence-corrected chi connectivity index (χ1v) is 6.27. The summed E-state index contributed by atoms with van der Waals surface area (Å²) >= 11 is 0. The Morgan fingerprint density at radius 2 is 1.94 bits per heavy atom. The number of anilines is 1. The van der Waals surface area contributed by atoms with Crippen molar-refractivity contribution in [2.45, 2.75) is 40.2 Å². The van der Waals surface area contributed by atoms with Gasteiger partial charge in [-0.2, -0.15) is 4.98 Å². The lowest BCUT2D eigenvalue weighted by atomic mass is 10.2. The maximum absolute atomic E-state index is 5.58. The van der Waals surface area contributed by atoms with Crippen LogP contribution in [0.3, 0.4) is 0 Å². The number of hydrogen-bond acceptors (Lipinski definition) is 5. The number of rotatable bonds is 6. The summed E-state index contributed by atoms with van der Waals surface area (Å²) in [6.45, 7) is 11.8. The van der Waals surface area contributed by atoms with E-state index < -0.39 is 0 Å².